The molecule has 0 radical (unpaired) electrons. The number of para-hydroxylation sites is 2. The van der Waals surface area contributed by atoms with Crippen LogP contribution in [0.25, 0.3) is 22.2 Å². The third-order valence-electron chi connectivity index (χ3n) is 5.57. The van der Waals surface area contributed by atoms with E-state index in [1.807, 2.05) is 47.0 Å². The first-order chi connectivity index (χ1) is 15.2. The first kappa shape index (κ1) is 19.2. The molecular formula is C22H23N7O2. The van der Waals surface area contributed by atoms with Crippen LogP contribution in [-0.4, -0.2) is 59.3 Å². The third-order valence-corrected chi connectivity index (χ3v) is 5.57. The monoisotopic (exact) mass is 417 g/mol. The number of hydrogen-bond donors (Lipinski definition) is 0. The molecule has 0 saturated carbocycles. The van der Waals surface area contributed by atoms with Crippen LogP contribution in [0.2, 0.25) is 0 Å². The largest absolute Gasteiger partial charge is 0.460 e. The summed E-state index contributed by atoms with van der Waals surface area (Å²) in [5.41, 5.74) is 3.73. The molecule has 31 heavy (non-hydrogen) atoms. The van der Waals surface area contributed by atoms with Gasteiger partial charge in [-0.25, -0.2) is 15.0 Å². The summed E-state index contributed by atoms with van der Waals surface area (Å²) in [7, 11) is 1.87. The van der Waals surface area contributed by atoms with Gasteiger partial charge in [0.1, 0.15) is 12.6 Å². The summed E-state index contributed by atoms with van der Waals surface area (Å²) in [4.78, 5) is 27.7. The van der Waals surface area contributed by atoms with Gasteiger partial charge in [-0.15, -0.1) is 0 Å². The first-order valence-corrected chi connectivity index (χ1v) is 10.3. The average molecular weight is 417 g/mol. The van der Waals surface area contributed by atoms with Crippen molar-refractivity contribution in [2.45, 2.75) is 25.5 Å². The zero-order valence-electron chi connectivity index (χ0n) is 17.3. The number of amides is 1. The summed E-state index contributed by atoms with van der Waals surface area (Å²) in [5.74, 6) is 0.0960. The lowest BCUT2D eigenvalue weighted by Crippen LogP contribution is -2.43. The fraction of sp³-hybridized carbons (Fsp3) is 0.318. The molecule has 158 valence electrons. The Morgan fingerprint density at radius 1 is 1.06 bits per heavy atom. The van der Waals surface area contributed by atoms with Crippen LogP contribution in [0.3, 0.4) is 0 Å². The fourth-order valence-corrected chi connectivity index (χ4v) is 3.85. The molecule has 0 N–H and O–H groups in total. The summed E-state index contributed by atoms with van der Waals surface area (Å²) >= 11 is 0. The number of fused-ring (bicyclic) bond motifs is 1. The van der Waals surface area contributed by atoms with Crippen LogP contribution in [-0.2, 0) is 18.4 Å². The molecule has 0 spiro atoms. The van der Waals surface area contributed by atoms with Crippen molar-refractivity contribution in [1.29, 1.82) is 0 Å². The van der Waals surface area contributed by atoms with Gasteiger partial charge in [-0.1, -0.05) is 12.1 Å². The molecule has 1 saturated heterocycles. The molecule has 1 amide bonds. The van der Waals surface area contributed by atoms with E-state index in [0.29, 0.717) is 25.6 Å². The van der Waals surface area contributed by atoms with E-state index in [9.17, 15) is 4.79 Å². The highest BCUT2D eigenvalue weighted by Gasteiger charge is 2.25. The van der Waals surface area contributed by atoms with Crippen LogP contribution in [0.15, 0.2) is 55.4 Å². The molecule has 0 aliphatic carbocycles. The normalized spacial score (nSPS) is 14.8. The lowest BCUT2D eigenvalue weighted by Gasteiger charge is -2.31. The molecule has 1 aliphatic heterocycles. The molecule has 1 aliphatic rings. The second-order valence-corrected chi connectivity index (χ2v) is 7.72. The molecule has 0 bridgehead atoms. The number of benzene rings is 1. The van der Waals surface area contributed by atoms with E-state index in [0.717, 1.165) is 35.0 Å². The Morgan fingerprint density at radius 2 is 1.84 bits per heavy atom. The van der Waals surface area contributed by atoms with Crippen LogP contribution in [0.1, 0.15) is 12.8 Å². The lowest BCUT2D eigenvalue weighted by molar-refractivity contribution is -0.133. The highest BCUT2D eigenvalue weighted by Crippen LogP contribution is 2.20. The lowest BCUT2D eigenvalue weighted by atomic mass is 10.1. The minimum Gasteiger partial charge on any atom is -0.460 e. The SMILES string of the molecule is Cn1cc(-c2cnc(OC3CCN(C(=O)Cn4cnc5ccccc54)CC3)nc2)cn1. The molecule has 0 unspecified atom stereocenters. The van der Waals surface area contributed by atoms with Gasteiger partial charge < -0.3 is 14.2 Å². The second kappa shape index (κ2) is 8.17. The zero-order chi connectivity index (χ0) is 21.2. The fourth-order valence-electron chi connectivity index (χ4n) is 3.85. The molecule has 5 rings (SSSR count). The summed E-state index contributed by atoms with van der Waals surface area (Å²) in [6.07, 6.45) is 10.4. The van der Waals surface area contributed by atoms with E-state index in [-0.39, 0.29) is 12.0 Å². The Hall–Kier alpha value is -3.75. The van der Waals surface area contributed by atoms with Crippen molar-refractivity contribution in [3.8, 4) is 17.1 Å². The molecule has 4 aromatic rings. The van der Waals surface area contributed by atoms with Crippen LogP contribution < -0.4 is 4.74 Å². The van der Waals surface area contributed by atoms with Gasteiger partial charge in [-0.05, 0) is 12.1 Å². The van der Waals surface area contributed by atoms with Crippen molar-refractivity contribution < 1.29 is 9.53 Å². The Labute approximate surface area is 179 Å². The maximum atomic E-state index is 12.8. The molecule has 1 aromatic carbocycles. The van der Waals surface area contributed by atoms with Crippen LogP contribution in [0.4, 0.5) is 0 Å². The van der Waals surface area contributed by atoms with Gasteiger partial charge in [0.2, 0.25) is 5.91 Å². The quantitative estimate of drug-likeness (QED) is 0.495. The molecular weight excluding hydrogens is 394 g/mol. The topological polar surface area (TPSA) is 91.0 Å². The van der Waals surface area contributed by atoms with Gasteiger partial charge in [-0.2, -0.15) is 5.10 Å². The smallest absolute Gasteiger partial charge is 0.316 e. The van der Waals surface area contributed by atoms with Crippen LogP contribution in [0.5, 0.6) is 6.01 Å². The summed E-state index contributed by atoms with van der Waals surface area (Å²) in [6, 6.07) is 8.20. The number of carbonyl (C=O) groups excluding carboxylic acids is 1. The maximum absolute atomic E-state index is 12.8. The number of nitrogens with zero attached hydrogens (tertiary/aromatic N) is 7. The Balaban J connectivity index is 1.14. The maximum Gasteiger partial charge on any atom is 0.316 e. The van der Waals surface area contributed by atoms with Gasteiger partial charge in [0, 0.05) is 62.7 Å². The predicted octanol–water partition coefficient (Wildman–Crippen LogP) is 2.30. The first-order valence-electron chi connectivity index (χ1n) is 10.3. The van der Waals surface area contributed by atoms with Gasteiger partial charge in [0.05, 0.1) is 23.6 Å². The van der Waals surface area contributed by atoms with Crippen molar-refractivity contribution in [1.82, 2.24) is 34.2 Å². The number of carbonyl (C=O) groups is 1. The predicted molar refractivity (Wildman–Crippen MR) is 114 cm³/mol. The molecule has 3 aromatic heterocycles. The van der Waals surface area contributed by atoms with Crippen molar-refractivity contribution in [2.24, 2.45) is 7.05 Å². The second-order valence-electron chi connectivity index (χ2n) is 7.72. The van der Waals surface area contributed by atoms with E-state index in [4.69, 9.17) is 4.74 Å². The molecule has 1 fully saturated rings. The Kier molecular flexibility index (Phi) is 5.07. The highest BCUT2D eigenvalue weighted by molar-refractivity contribution is 5.80. The number of ether oxygens (including phenoxy) is 1. The van der Waals surface area contributed by atoms with Gasteiger partial charge >= 0.3 is 6.01 Å². The Bertz CT molecular complexity index is 1190. The van der Waals surface area contributed by atoms with E-state index in [1.54, 1.807) is 29.6 Å². The van der Waals surface area contributed by atoms with Gasteiger partial charge in [-0.3, -0.25) is 9.48 Å². The minimum absolute atomic E-state index is 0.00219. The number of rotatable bonds is 5. The zero-order valence-corrected chi connectivity index (χ0v) is 17.3. The van der Waals surface area contributed by atoms with Crippen molar-refractivity contribution in [2.75, 3.05) is 13.1 Å². The number of piperidine rings is 1. The van der Waals surface area contributed by atoms with Crippen LogP contribution >= 0.6 is 0 Å². The molecule has 9 heteroatoms. The highest BCUT2D eigenvalue weighted by atomic mass is 16.5. The number of aromatic nitrogens is 6. The minimum atomic E-state index is 0.00219. The molecule has 9 nitrogen and oxygen atoms in total. The van der Waals surface area contributed by atoms with Crippen molar-refractivity contribution in [3.63, 3.8) is 0 Å². The van der Waals surface area contributed by atoms with E-state index >= 15 is 0 Å². The van der Waals surface area contributed by atoms with Crippen molar-refractivity contribution >= 4 is 16.9 Å². The number of likely N-dealkylation sites (tertiary alicyclic amines) is 1. The standard InChI is InChI=1S/C22H23N7O2/c1-27-13-17(12-26-27)16-10-23-22(24-11-16)31-18-6-8-28(9-7-18)21(30)14-29-15-25-19-4-2-3-5-20(19)29/h2-5,10-13,15,18H,6-9,14H2,1H3. The summed E-state index contributed by atoms with van der Waals surface area (Å²) < 4.78 is 9.59. The molecule has 0 atom stereocenters. The number of imidazole rings is 1. The average Bonchev–Trinajstić information content (AvgIpc) is 3.41. The van der Waals surface area contributed by atoms with Gasteiger partial charge in [0.25, 0.3) is 0 Å². The van der Waals surface area contributed by atoms with Crippen molar-refractivity contribution in [3.05, 3.63) is 55.4 Å². The van der Waals surface area contributed by atoms with E-state index < -0.39 is 0 Å². The number of hydrogen-bond acceptors (Lipinski definition) is 6. The summed E-state index contributed by atoms with van der Waals surface area (Å²) in [5, 5.41) is 4.16. The molecule has 4 heterocycles. The Morgan fingerprint density at radius 3 is 2.58 bits per heavy atom. The number of aryl methyl sites for hydroxylation is 1. The summed E-state index contributed by atoms with van der Waals surface area (Å²) in [6.45, 7) is 1.61. The third kappa shape index (κ3) is 4.11. The van der Waals surface area contributed by atoms with Gasteiger partial charge in [0.15, 0.2) is 0 Å². The van der Waals surface area contributed by atoms with E-state index in [2.05, 4.69) is 20.1 Å². The van der Waals surface area contributed by atoms with E-state index in [1.165, 1.54) is 0 Å². The van der Waals surface area contributed by atoms with Crippen LogP contribution in [0, 0.1) is 0 Å².